The molecule has 1 N–H and O–H groups in total. The van der Waals surface area contributed by atoms with E-state index in [4.69, 9.17) is 0 Å². The van der Waals surface area contributed by atoms with Gasteiger partial charge in [0.05, 0.1) is 7.11 Å². The third-order valence-corrected chi connectivity index (χ3v) is 1.89. The van der Waals surface area contributed by atoms with Crippen LogP contribution < -0.4 is 5.32 Å². The number of halogens is 3. The summed E-state index contributed by atoms with van der Waals surface area (Å²) in [6.07, 6.45) is -4.15. The predicted octanol–water partition coefficient (Wildman–Crippen LogP) is 1.48. The Kier molecular flexibility index (Phi) is 4.38. The third-order valence-electron chi connectivity index (χ3n) is 1.89. The van der Waals surface area contributed by atoms with E-state index in [-0.39, 0.29) is 6.54 Å². The molecule has 0 aromatic carbocycles. The maximum Gasteiger partial charge on any atom is 0.417 e. The topological polar surface area (TPSA) is 38.3 Å². The van der Waals surface area contributed by atoms with Crippen LogP contribution in [0.15, 0.2) is 0 Å². The molecule has 1 unspecified atom stereocenters. The van der Waals surface area contributed by atoms with Crippen LogP contribution in [-0.4, -0.2) is 31.3 Å². The average Bonchev–Trinajstić information content (AvgIpc) is 2.10. The number of carbonyl (C=O) groups is 1. The Morgan fingerprint density at radius 2 is 1.93 bits per heavy atom. The van der Waals surface area contributed by atoms with Gasteiger partial charge in [-0.2, -0.15) is 13.2 Å². The van der Waals surface area contributed by atoms with Crippen molar-refractivity contribution in [1.29, 1.82) is 0 Å². The lowest BCUT2D eigenvalue weighted by Gasteiger charge is -2.29. The summed E-state index contributed by atoms with van der Waals surface area (Å²) < 4.78 is 41.6. The van der Waals surface area contributed by atoms with Crippen LogP contribution in [0.3, 0.4) is 0 Å². The first kappa shape index (κ1) is 13.2. The minimum absolute atomic E-state index is 0.102. The zero-order valence-electron chi connectivity index (χ0n) is 8.36. The Balaban J connectivity index is 4.76. The summed E-state index contributed by atoms with van der Waals surface area (Å²) in [7, 11) is 0.931. The first-order valence-corrected chi connectivity index (χ1v) is 4.19. The van der Waals surface area contributed by atoms with Gasteiger partial charge in [-0.1, -0.05) is 6.92 Å². The molecule has 0 aliphatic rings. The fourth-order valence-electron chi connectivity index (χ4n) is 0.867. The molecule has 3 nitrogen and oxygen atoms in total. The van der Waals surface area contributed by atoms with Crippen molar-refractivity contribution in [2.75, 3.05) is 13.7 Å². The van der Waals surface area contributed by atoms with E-state index in [1.54, 1.807) is 6.92 Å². The minimum Gasteiger partial charge on any atom is -0.467 e. The SMILES string of the molecule is CCCNC(C)(C(=O)OC)C(F)(F)F. The molecule has 0 amide bonds. The molecule has 84 valence electrons. The van der Waals surface area contributed by atoms with Crippen LogP contribution in [0.2, 0.25) is 0 Å². The Morgan fingerprint density at radius 3 is 2.21 bits per heavy atom. The van der Waals surface area contributed by atoms with E-state index in [0.717, 1.165) is 14.0 Å². The van der Waals surface area contributed by atoms with Crippen LogP contribution in [0, 0.1) is 0 Å². The molecule has 0 radical (unpaired) electrons. The van der Waals surface area contributed by atoms with Crippen molar-refractivity contribution in [1.82, 2.24) is 5.32 Å². The van der Waals surface area contributed by atoms with E-state index < -0.39 is 17.7 Å². The van der Waals surface area contributed by atoms with Gasteiger partial charge in [0.15, 0.2) is 0 Å². The van der Waals surface area contributed by atoms with Gasteiger partial charge in [0.1, 0.15) is 0 Å². The van der Waals surface area contributed by atoms with E-state index in [9.17, 15) is 18.0 Å². The second-order valence-electron chi connectivity index (χ2n) is 3.04. The number of ether oxygens (including phenoxy) is 1. The van der Waals surface area contributed by atoms with Crippen molar-refractivity contribution in [3.8, 4) is 0 Å². The fourth-order valence-corrected chi connectivity index (χ4v) is 0.867. The van der Waals surface area contributed by atoms with Crippen LogP contribution in [0.4, 0.5) is 13.2 Å². The maximum atomic E-state index is 12.5. The zero-order chi connectivity index (χ0) is 11.4. The monoisotopic (exact) mass is 213 g/mol. The van der Waals surface area contributed by atoms with Crippen molar-refractivity contribution >= 4 is 5.97 Å². The lowest BCUT2D eigenvalue weighted by atomic mass is 10.0. The second kappa shape index (κ2) is 4.63. The molecule has 0 saturated carbocycles. The van der Waals surface area contributed by atoms with Gasteiger partial charge in [-0.05, 0) is 19.9 Å². The van der Waals surface area contributed by atoms with Gasteiger partial charge in [0, 0.05) is 0 Å². The van der Waals surface area contributed by atoms with Gasteiger partial charge in [-0.25, -0.2) is 4.79 Å². The third kappa shape index (κ3) is 2.60. The Bertz CT molecular complexity index is 205. The first-order valence-electron chi connectivity index (χ1n) is 4.19. The summed E-state index contributed by atoms with van der Waals surface area (Å²) >= 11 is 0. The van der Waals surface area contributed by atoms with Gasteiger partial charge in [0.25, 0.3) is 0 Å². The van der Waals surface area contributed by atoms with Gasteiger partial charge in [-0.15, -0.1) is 0 Å². The fraction of sp³-hybridized carbons (Fsp3) is 0.875. The second-order valence-corrected chi connectivity index (χ2v) is 3.04. The molecular formula is C8H14F3NO2. The number of nitrogens with one attached hydrogen (secondary N) is 1. The largest absolute Gasteiger partial charge is 0.467 e. The molecule has 0 bridgehead atoms. The smallest absolute Gasteiger partial charge is 0.417 e. The molecule has 0 heterocycles. The van der Waals surface area contributed by atoms with Crippen molar-refractivity contribution in [2.24, 2.45) is 0 Å². The Hall–Kier alpha value is -0.780. The Labute approximate surface area is 80.6 Å². The van der Waals surface area contributed by atoms with E-state index >= 15 is 0 Å². The van der Waals surface area contributed by atoms with Gasteiger partial charge >= 0.3 is 12.1 Å². The number of hydrogen-bond donors (Lipinski definition) is 1. The van der Waals surface area contributed by atoms with Crippen molar-refractivity contribution in [3.63, 3.8) is 0 Å². The highest BCUT2D eigenvalue weighted by atomic mass is 19.4. The molecule has 6 heteroatoms. The van der Waals surface area contributed by atoms with Crippen LogP contribution in [0.5, 0.6) is 0 Å². The molecule has 1 atom stereocenters. The van der Waals surface area contributed by atoms with Gasteiger partial charge < -0.3 is 4.74 Å². The molecular weight excluding hydrogens is 199 g/mol. The summed E-state index contributed by atoms with van der Waals surface area (Å²) in [5.74, 6) is -1.32. The van der Waals surface area contributed by atoms with E-state index in [2.05, 4.69) is 10.1 Å². The van der Waals surface area contributed by atoms with Crippen molar-refractivity contribution < 1.29 is 22.7 Å². The van der Waals surface area contributed by atoms with E-state index in [1.807, 2.05) is 0 Å². The van der Waals surface area contributed by atoms with Crippen LogP contribution in [-0.2, 0) is 9.53 Å². The quantitative estimate of drug-likeness (QED) is 0.719. The summed E-state index contributed by atoms with van der Waals surface area (Å²) in [5.41, 5.74) is -2.61. The van der Waals surface area contributed by atoms with Gasteiger partial charge in [0.2, 0.25) is 5.54 Å². The number of methoxy groups -OCH3 is 1. The van der Waals surface area contributed by atoms with Crippen molar-refractivity contribution in [2.45, 2.75) is 32.0 Å². The highest BCUT2D eigenvalue weighted by Gasteiger charge is 2.57. The summed E-state index contributed by atoms with van der Waals surface area (Å²) in [6.45, 7) is 2.58. The summed E-state index contributed by atoms with van der Waals surface area (Å²) in [5, 5.41) is 2.14. The lowest BCUT2D eigenvalue weighted by molar-refractivity contribution is -0.207. The van der Waals surface area contributed by atoms with Gasteiger partial charge in [-0.3, -0.25) is 5.32 Å². The number of alkyl halides is 3. The number of rotatable bonds is 4. The molecule has 0 rings (SSSR count). The minimum atomic E-state index is -4.66. The molecule has 0 aromatic rings. The van der Waals surface area contributed by atoms with Crippen LogP contribution in [0.1, 0.15) is 20.3 Å². The summed E-state index contributed by atoms with van der Waals surface area (Å²) in [4.78, 5) is 11.0. The zero-order valence-corrected chi connectivity index (χ0v) is 8.36. The average molecular weight is 213 g/mol. The molecule has 0 spiro atoms. The lowest BCUT2D eigenvalue weighted by Crippen LogP contribution is -2.60. The highest BCUT2D eigenvalue weighted by Crippen LogP contribution is 2.31. The molecule has 0 aliphatic carbocycles. The normalized spacial score (nSPS) is 16.1. The number of carbonyl (C=O) groups excluding carboxylic acids is 1. The van der Waals surface area contributed by atoms with Crippen LogP contribution >= 0.6 is 0 Å². The highest BCUT2D eigenvalue weighted by molar-refractivity contribution is 5.81. The first-order chi connectivity index (χ1) is 6.29. The van der Waals surface area contributed by atoms with Crippen molar-refractivity contribution in [3.05, 3.63) is 0 Å². The van der Waals surface area contributed by atoms with E-state index in [1.165, 1.54) is 0 Å². The molecule has 14 heavy (non-hydrogen) atoms. The molecule has 0 aromatic heterocycles. The number of esters is 1. The van der Waals surface area contributed by atoms with E-state index in [0.29, 0.717) is 6.42 Å². The standard InChI is InChI=1S/C8H14F3NO2/c1-4-5-12-7(2,6(13)14-3)8(9,10)11/h12H,4-5H2,1-3H3. The Morgan fingerprint density at radius 1 is 1.43 bits per heavy atom. The maximum absolute atomic E-state index is 12.5. The summed E-state index contributed by atoms with van der Waals surface area (Å²) in [6, 6.07) is 0. The van der Waals surface area contributed by atoms with Crippen LogP contribution in [0.25, 0.3) is 0 Å². The molecule has 0 saturated heterocycles. The molecule has 0 fully saturated rings. The predicted molar refractivity (Wildman–Crippen MR) is 44.8 cm³/mol. The molecule has 0 aliphatic heterocycles. The number of hydrogen-bond acceptors (Lipinski definition) is 3.